The van der Waals surface area contributed by atoms with Crippen molar-refractivity contribution >= 4 is 46.7 Å². The van der Waals surface area contributed by atoms with E-state index in [0.29, 0.717) is 4.90 Å². The number of hydrogen-bond acceptors (Lipinski definition) is 5. The number of aromatic hydroxyl groups is 1. The van der Waals surface area contributed by atoms with Gasteiger partial charge in [0.2, 0.25) is 0 Å². The Morgan fingerprint density at radius 2 is 1.89 bits per heavy atom. The third-order valence-corrected chi connectivity index (χ3v) is 3.65. The van der Waals surface area contributed by atoms with Crippen LogP contribution in [0.2, 0.25) is 10.0 Å². The highest BCUT2D eigenvalue weighted by atomic mass is 35.5. The molecule has 104 valence electrons. The standard InChI is InChI=1S/C12H12Cl2O4S/c1-2-18-11(16)3-7(15)6-19-8-4-9(13)12(17)10(14)5-8/h4-5,17H,2-3,6H2,1H3. The lowest BCUT2D eigenvalue weighted by Gasteiger charge is -2.05. The molecule has 0 unspecified atom stereocenters. The lowest BCUT2D eigenvalue weighted by Crippen LogP contribution is -2.12. The number of phenolic OH excluding ortho intramolecular Hbond substituents is 1. The number of carbonyl (C=O) groups is 2. The summed E-state index contributed by atoms with van der Waals surface area (Å²) in [5, 5.41) is 9.62. The van der Waals surface area contributed by atoms with Gasteiger partial charge in [-0.05, 0) is 19.1 Å². The smallest absolute Gasteiger partial charge is 0.313 e. The Bertz CT molecular complexity index is 468. The summed E-state index contributed by atoms with van der Waals surface area (Å²) in [6.07, 6.45) is -0.250. The molecule has 0 aromatic heterocycles. The molecule has 0 radical (unpaired) electrons. The zero-order chi connectivity index (χ0) is 14.4. The Morgan fingerprint density at radius 3 is 2.42 bits per heavy atom. The highest BCUT2D eigenvalue weighted by Gasteiger charge is 2.12. The maximum Gasteiger partial charge on any atom is 0.313 e. The van der Waals surface area contributed by atoms with E-state index < -0.39 is 5.97 Å². The van der Waals surface area contributed by atoms with Gasteiger partial charge in [0.05, 0.1) is 22.4 Å². The fourth-order valence-electron chi connectivity index (χ4n) is 1.21. The third-order valence-electron chi connectivity index (χ3n) is 2.04. The zero-order valence-corrected chi connectivity index (χ0v) is 12.4. The Balaban J connectivity index is 2.53. The first-order valence-electron chi connectivity index (χ1n) is 5.42. The van der Waals surface area contributed by atoms with E-state index >= 15 is 0 Å². The Labute approximate surface area is 125 Å². The molecule has 0 aliphatic rings. The molecule has 1 aromatic rings. The fraction of sp³-hybridized carbons (Fsp3) is 0.333. The van der Waals surface area contributed by atoms with Gasteiger partial charge in [-0.25, -0.2) is 0 Å². The van der Waals surface area contributed by atoms with Gasteiger partial charge in [-0.2, -0.15) is 0 Å². The third kappa shape index (κ3) is 5.30. The Morgan fingerprint density at radius 1 is 1.32 bits per heavy atom. The molecule has 0 spiro atoms. The molecule has 0 heterocycles. The quantitative estimate of drug-likeness (QED) is 0.494. The Kier molecular flexibility index (Phi) is 6.48. The van der Waals surface area contributed by atoms with E-state index in [2.05, 4.69) is 4.74 Å². The van der Waals surface area contributed by atoms with E-state index in [1.54, 1.807) is 6.92 Å². The molecule has 0 aliphatic carbocycles. The molecule has 19 heavy (non-hydrogen) atoms. The maximum atomic E-state index is 11.5. The molecule has 1 aromatic carbocycles. The van der Waals surface area contributed by atoms with E-state index in [9.17, 15) is 14.7 Å². The summed E-state index contributed by atoms with van der Waals surface area (Å²) < 4.78 is 4.67. The van der Waals surface area contributed by atoms with Crippen LogP contribution in [-0.2, 0) is 14.3 Å². The number of esters is 1. The number of carbonyl (C=O) groups excluding carboxylic acids is 2. The predicted octanol–water partition coefficient (Wildman–Crippen LogP) is 3.31. The van der Waals surface area contributed by atoms with Crippen LogP contribution < -0.4 is 0 Å². The molecule has 7 heteroatoms. The molecule has 0 saturated carbocycles. The highest BCUT2D eigenvalue weighted by Crippen LogP contribution is 2.36. The van der Waals surface area contributed by atoms with Crippen LogP contribution in [0.15, 0.2) is 17.0 Å². The average Bonchev–Trinajstić information content (AvgIpc) is 2.33. The van der Waals surface area contributed by atoms with Gasteiger partial charge in [0.25, 0.3) is 0 Å². The molecule has 1 N–H and O–H groups in total. The molecular formula is C12H12Cl2O4S. The van der Waals surface area contributed by atoms with E-state index in [4.69, 9.17) is 23.2 Å². The second kappa shape index (κ2) is 7.62. The van der Waals surface area contributed by atoms with Crippen molar-refractivity contribution in [1.29, 1.82) is 0 Å². The van der Waals surface area contributed by atoms with E-state index in [-0.39, 0.29) is 40.4 Å². The number of phenols is 1. The van der Waals surface area contributed by atoms with E-state index in [0.717, 1.165) is 0 Å². The number of ether oxygens (including phenoxy) is 1. The maximum absolute atomic E-state index is 11.5. The summed E-state index contributed by atoms with van der Waals surface area (Å²) in [4.78, 5) is 23.2. The van der Waals surface area contributed by atoms with Gasteiger partial charge in [-0.1, -0.05) is 23.2 Å². The summed E-state index contributed by atoms with van der Waals surface area (Å²) in [6.45, 7) is 1.93. The van der Waals surface area contributed by atoms with Crippen molar-refractivity contribution in [3.05, 3.63) is 22.2 Å². The highest BCUT2D eigenvalue weighted by molar-refractivity contribution is 8.00. The molecular weight excluding hydrogens is 311 g/mol. The molecule has 1 rings (SSSR count). The summed E-state index contributed by atoms with van der Waals surface area (Å²) in [5.41, 5.74) is 0. The summed E-state index contributed by atoms with van der Waals surface area (Å²) >= 11 is 12.7. The number of benzene rings is 1. The zero-order valence-electron chi connectivity index (χ0n) is 10.1. The number of hydrogen-bond donors (Lipinski definition) is 1. The van der Waals surface area contributed by atoms with Gasteiger partial charge < -0.3 is 9.84 Å². The molecule has 0 atom stereocenters. The van der Waals surface area contributed by atoms with E-state index in [1.165, 1.54) is 23.9 Å². The first kappa shape index (κ1) is 16.1. The normalized spacial score (nSPS) is 10.3. The van der Waals surface area contributed by atoms with Gasteiger partial charge in [0.15, 0.2) is 11.5 Å². The number of rotatable bonds is 6. The van der Waals surface area contributed by atoms with Crippen LogP contribution in [0.1, 0.15) is 13.3 Å². The van der Waals surface area contributed by atoms with Crippen molar-refractivity contribution in [2.75, 3.05) is 12.4 Å². The minimum Gasteiger partial charge on any atom is -0.505 e. The minimum absolute atomic E-state index is 0.107. The van der Waals surface area contributed by atoms with Gasteiger partial charge in [-0.15, -0.1) is 11.8 Å². The van der Waals surface area contributed by atoms with Crippen LogP contribution in [0.5, 0.6) is 5.75 Å². The number of ketones is 1. The summed E-state index contributed by atoms with van der Waals surface area (Å²) in [6, 6.07) is 3.01. The number of Topliss-reactive ketones (excluding diaryl/α,β-unsaturated/α-hetero) is 1. The van der Waals surface area contributed by atoms with Crippen LogP contribution >= 0.6 is 35.0 Å². The topological polar surface area (TPSA) is 63.6 Å². The van der Waals surface area contributed by atoms with Crippen LogP contribution in [0.4, 0.5) is 0 Å². The summed E-state index contributed by atoms with van der Waals surface area (Å²) in [7, 11) is 0. The predicted molar refractivity (Wildman–Crippen MR) is 75.1 cm³/mol. The van der Waals surface area contributed by atoms with Gasteiger partial charge in [-0.3, -0.25) is 9.59 Å². The second-order valence-corrected chi connectivity index (χ2v) is 5.41. The monoisotopic (exact) mass is 322 g/mol. The Hall–Kier alpha value is -0.910. The number of thioether (sulfide) groups is 1. The molecule has 0 fully saturated rings. The van der Waals surface area contributed by atoms with Crippen molar-refractivity contribution in [3.63, 3.8) is 0 Å². The SMILES string of the molecule is CCOC(=O)CC(=O)CSc1cc(Cl)c(O)c(Cl)c1. The number of halogens is 2. The molecule has 0 aliphatic heterocycles. The van der Waals surface area contributed by atoms with Crippen LogP contribution in [0.25, 0.3) is 0 Å². The van der Waals surface area contributed by atoms with Crippen LogP contribution in [0.3, 0.4) is 0 Å². The lowest BCUT2D eigenvalue weighted by atomic mass is 10.3. The van der Waals surface area contributed by atoms with Crippen molar-refractivity contribution in [2.45, 2.75) is 18.2 Å². The van der Waals surface area contributed by atoms with Crippen molar-refractivity contribution in [2.24, 2.45) is 0 Å². The van der Waals surface area contributed by atoms with Crippen LogP contribution in [0, 0.1) is 0 Å². The molecule has 0 bridgehead atoms. The molecule has 4 nitrogen and oxygen atoms in total. The van der Waals surface area contributed by atoms with Gasteiger partial charge >= 0.3 is 5.97 Å². The first-order chi connectivity index (χ1) is 8.93. The van der Waals surface area contributed by atoms with Crippen molar-refractivity contribution in [3.8, 4) is 5.75 Å². The fourth-order valence-corrected chi connectivity index (χ4v) is 2.66. The summed E-state index contributed by atoms with van der Waals surface area (Å²) in [5.74, 6) is -0.861. The second-order valence-electron chi connectivity index (χ2n) is 3.54. The van der Waals surface area contributed by atoms with Gasteiger partial charge in [0.1, 0.15) is 6.42 Å². The minimum atomic E-state index is -0.533. The van der Waals surface area contributed by atoms with Gasteiger partial charge in [0, 0.05) is 4.90 Å². The van der Waals surface area contributed by atoms with Crippen molar-refractivity contribution < 1.29 is 19.4 Å². The van der Waals surface area contributed by atoms with Crippen LogP contribution in [-0.4, -0.2) is 29.2 Å². The lowest BCUT2D eigenvalue weighted by molar-refractivity contribution is -0.145. The average molecular weight is 323 g/mol. The molecule has 0 amide bonds. The molecule has 0 saturated heterocycles. The first-order valence-corrected chi connectivity index (χ1v) is 7.16. The van der Waals surface area contributed by atoms with Crippen molar-refractivity contribution in [1.82, 2.24) is 0 Å². The van der Waals surface area contributed by atoms with E-state index in [1.807, 2.05) is 0 Å². The largest absolute Gasteiger partial charge is 0.505 e.